The topological polar surface area (TPSA) is 38.9 Å². The smallest absolute Gasteiger partial charge is 0.0934 e. The summed E-state index contributed by atoms with van der Waals surface area (Å²) < 4.78 is 0. The number of aromatic nitrogens is 1. The Morgan fingerprint density at radius 3 is 2.58 bits per heavy atom. The maximum atomic E-state index is 5.57. The maximum Gasteiger partial charge on any atom is 0.0934 e. The molecule has 0 saturated heterocycles. The summed E-state index contributed by atoms with van der Waals surface area (Å²) >= 11 is 1.75. The van der Waals surface area contributed by atoms with Crippen LogP contribution < -0.4 is 5.73 Å². The molecule has 0 atom stereocenters. The lowest BCUT2D eigenvalue weighted by Crippen LogP contribution is -1.94. The van der Waals surface area contributed by atoms with Gasteiger partial charge in [-0.3, -0.25) is 0 Å². The van der Waals surface area contributed by atoms with E-state index in [-0.39, 0.29) is 0 Å². The van der Waals surface area contributed by atoms with Gasteiger partial charge in [0.15, 0.2) is 0 Å². The molecule has 1 aromatic rings. The van der Waals surface area contributed by atoms with Crippen molar-refractivity contribution in [1.82, 2.24) is 4.98 Å². The predicted molar refractivity (Wildman–Crippen MR) is 53.3 cm³/mol. The molecule has 0 saturated carbocycles. The van der Waals surface area contributed by atoms with E-state index in [1.807, 2.05) is 6.92 Å². The summed E-state index contributed by atoms with van der Waals surface area (Å²) in [6.45, 7) is 7.07. The molecule has 1 rings (SSSR count). The largest absolute Gasteiger partial charge is 0.326 e. The SMILES string of the molecule is Cc1nc(CC(C)C)sc1CN. The minimum atomic E-state index is 0.627. The van der Waals surface area contributed by atoms with Crippen LogP contribution in [0.25, 0.3) is 0 Å². The van der Waals surface area contributed by atoms with E-state index in [0.29, 0.717) is 12.5 Å². The van der Waals surface area contributed by atoms with E-state index < -0.39 is 0 Å². The zero-order valence-electron chi connectivity index (χ0n) is 7.92. The number of aryl methyl sites for hydroxylation is 1. The van der Waals surface area contributed by atoms with Crippen molar-refractivity contribution in [2.45, 2.75) is 33.7 Å². The van der Waals surface area contributed by atoms with Crippen molar-refractivity contribution in [1.29, 1.82) is 0 Å². The summed E-state index contributed by atoms with van der Waals surface area (Å²) in [5.74, 6) is 0.682. The quantitative estimate of drug-likeness (QED) is 0.781. The van der Waals surface area contributed by atoms with E-state index in [0.717, 1.165) is 12.1 Å². The van der Waals surface area contributed by atoms with Crippen LogP contribution in [-0.4, -0.2) is 4.98 Å². The van der Waals surface area contributed by atoms with Crippen LogP contribution in [0.15, 0.2) is 0 Å². The van der Waals surface area contributed by atoms with Gasteiger partial charge in [0.25, 0.3) is 0 Å². The van der Waals surface area contributed by atoms with Gasteiger partial charge < -0.3 is 5.73 Å². The van der Waals surface area contributed by atoms with Crippen LogP contribution in [-0.2, 0) is 13.0 Å². The van der Waals surface area contributed by atoms with Gasteiger partial charge in [0.1, 0.15) is 0 Å². The Morgan fingerprint density at radius 1 is 1.50 bits per heavy atom. The standard InChI is InChI=1S/C9H16N2S/c1-6(2)4-9-11-7(3)8(5-10)12-9/h6H,4-5,10H2,1-3H3. The highest BCUT2D eigenvalue weighted by Crippen LogP contribution is 2.19. The molecule has 2 N–H and O–H groups in total. The molecule has 2 nitrogen and oxygen atoms in total. The van der Waals surface area contributed by atoms with Crippen LogP contribution in [0.3, 0.4) is 0 Å². The van der Waals surface area contributed by atoms with E-state index >= 15 is 0 Å². The van der Waals surface area contributed by atoms with Crippen LogP contribution in [0.4, 0.5) is 0 Å². The number of hydrogen-bond acceptors (Lipinski definition) is 3. The van der Waals surface area contributed by atoms with Crippen molar-refractivity contribution in [3.8, 4) is 0 Å². The number of nitrogens with zero attached hydrogens (tertiary/aromatic N) is 1. The summed E-state index contributed by atoms with van der Waals surface area (Å²) in [6.07, 6.45) is 1.07. The van der Waals surface area contributed by atoms with Crippen LogP contribution in [0.1, 0.15) is 29.4 Å². The first-order valence-corrected chi connectivity index (χ1v) is 5.10. The zero-order chi connectivity index (χ0) is 9.14. The third-order valence-electron chi connectivity index (χ3n) is 1.71. The van der Waals surface area contributed by atoms with Gasteiger partial charge in [0, 0.05) is 17.8 Å². The monoisotopic (exact) mass is 184 g/mol. The molecule has 0 radical (unpaired) electrons. The molecule has 12 heavy (non-hydrogen) atoms. The molecule has 0 aromatic carbocycles. The summed E-state index contributed by atoms with van der Waals surface area (Å²) in [4.78, 5) is 5.69. The van der Waals surface area contributed by atoms with Gasteiger partial charge in [0.05, 0.1) is 10.7 Å². The minimum absolute atomic E-state index is 0.627. The van der Waals surface area contributed by atoms with Crippen molar-refractivity contribution in [3.05, 3.63) is 15.6 Å². The molecule has 0 aliphatic heterocycles. The molecule has 0 aliphatic carbocycles. The average molecular weight is 184 g/mol. The lowest BCUT2D eigenvalue weighted by Gasteiger charge is -1.97. The summed E-state index contributed by atoms with van der Waals surface area (Å²) in [7, 11) is 0. The van der Waals surface area contributed by atoms with Gasteiger partial charge >= 0.3 is 0 Å². The predicted octanol–water partition coefficient (Wildman–Crippen LogP) is 2.11. The van der Waals surface area contributed by atoms with Gasteiger partial charge in [-0.15, -0.1) is 11.3 Å². The molecule has 0 spiro atoms. The van der Waals surface area contributed by atoms with Crippen LogP contribution in [0, 0.1) is 12.8 Å². The third-order valence-corrected chi connectivity index (χ3v) is 2.91. The lowest BCUT2D eigenvalue weighted by molar-refractivity contribution is 0.643. The summed E-state index contributed by atoms with van der Waals surface area (Å²) in [5.41, 5.74) is 6.67. The van der Waals surface area contributed by atoms with Crippen molar-refractivity contribution < 1.29 is 0 Å². The number of thiazole rings is 1. The second kappa shape index (κ2) is 4.01. The number of hydrogen-bond donors (Lipinski definition) is 1. The molecular formula is C9H16N2S. The Bertz CT molecular complexity index is 253. The first kappa shape index (κ1) is 9.68. The van der Waals surface area contributed by atoms with Gasteiger partial charge in [0.2, 0.25) is 0 Å². The van der Waals surface area contributed by atoms with Gasteiger partial charge in [-0.25, -0.2) is 4.98 Å². The molecule has 0 fully saturated rings. The van der Waals surface area contributed by atoms with Gasteiger partial charge in [-0.05, 0) is 12.8 Å². The van der Waals surface area contributed by atoms with Crippen LogP contribution in [0.5, 0.6) is 0 Å². The van der Waals surface area contributed by atoms with E-state index in [4.69, 9.17) is 5.73 Å². The van der Waals surface area contributed by atoms with Crippen molar-refractivity contribution >= 4 is 11.3 Å². The summed E-state index contributed by atoms with van der Waals surface area (Å²) in [5, 5.41) is 1.22. The first-order valence-electron chi connectivity index (χ1n) is 4.28. The van der Waals surface area contributed by atoms with E-state index in [1.54, 1.807) is 11.3 Å². The minimum Gasteiger partial charge on any atom is -0.326 e. The highest BCUT2D eigenvalue weighted by Gasteiger charge is 2.06. The molecule has 1 heterocycles. The second-order valence-electron chi connectivity index (χ2n) is 3.42. The fourth-order valence-electron chi connectivity index (χ4n) is 1.11. The molecule has 0 bridgehead atoms. The molecule has 3 heteroatoms. The van der Waals surface area contributed by atoms with Crippen molar-refractivity contribution in [3.63, 3.8) is 0 Å². The van der Waals surface area contributed by atoms with Crippen LogP contribution >= 0.6 is 11.3 Å². The molecule has 0 aliphatic rings. The van der Waals surface area contributed by atoms with E-state index in [2.05, 4.69) is 18.8 Å². The van der Waals surface area contributed by atoms with Gasteiger partial charge in [-0.1, -0.05) is 13.8 Å². The molecular weight excluding hydrogens is 168 g/mol. The fourth-order valence-corrected chi connectivity index (χ4v) is 2.27. The Kier molecular flexibility index (Phi) is 3.23. The van der Waals surface area contributed by atoms with Crippen molar-refractivity contribution in [2.75, 3.05) is 0 Å². The Labute approximate surface area is 77.8 Å². The lowest BCUT2D eigenvalue weighted by atomic mass is 10.1. The average Bonchev–Trinajstić information content (AvgIpc) is 2.29. The second-order valence-corrected chi connectivity index (χ2v) is 4.59. The Morgan fingerprint density at radius 2 is 2.17 bits per heavy atom. The zero-order valence-corrected chi connectivity index (χ0v) is 8.74. The van der Waals surface area contributed by atoms with E-state index in [9.17, 15) is 0 Å². The number of rotatable bonds is 3. The highest BCUT2D eigenvalue weighted by atomic mass is 32.1. The first-order chi connectivity index (χ1) is 5.63. The van der Waals surface area contributed by atoms with Crippen LogP contribution in [0.2, 0.25) is 0 Å². The normalized spacial score (nSPS) is 11.1. The molecule has 0 amide bonds. The maximum absolute atomic E-state index is 5.57. The van der Waals surface area contributed by atoms with E-state index in [1.165, 1.54) is 9.88 Å². The van der Waals surface area contributed by atoms with Crippen molar-refractivity contribution in [2.24, 2.45) is 11.7 Å². The molecule has 0 unspecified atom stereocenters. The fraction of sp³-hybridized carbons (Fsp3) is 0.667. The highest BCUT2D eigenvalue weighted by molar-refractivity contribution is 7.11. The Balaban J connectivity index is 2.75. The number of nitrogens with two attached hydrogens (primary N) is 1. The summed E-state index contributed by atoms with van der Waals surface area (Å²) in [6, 6.07) is 0. The third kappa shape index (κ3) is 2.29. The Hall–Kier alpha value is -0.410. The molecule has 68 valence electrons. The molecule has 1 aromatic heterocycles. The van der Waals surface area contributed by atoms with Gasteiger partial charge in [-0.2, -0.15) is 0 Å².